The molecule has 4 heteroatoms. The zero-order valence-corrected chi connectivity index (χ0v) is 12.2. The van der Waals surface area contributed by atoms with Crippen LogP contribution in [0.4, 0.5) is 5.69 Å². The van der Waals surface area contributed by atoms with Crippen LogP contribution in [0.25, 0.3) is 0 Å². The van der Waals surface area contributed by atoms with E-state index in [1.807, 2.05) is 7.05 Å². The van der Waals surface area contributed by atoms with Crippen molar-refractivity contribution in [1.82, 2.24) is 10.2 Å². The Balaban J connectivity index is 2.14. The molecule has 1 aromatic rings. The molecule has 0 spiro atoms. The number of nitrogens with one attached hydrogen (secondary N) is 1. The van der Waals surface area contributed by atoms with Gasteiger partial charge in [0.15, 0.2) is 0 Å². The largest absolute Gasteiger partial charge is 0.368 e. The lowest BCUT2D eigenvalue weighted by Gasteiger charge is -2.34. The third kappa shape index (κ3) is 2.97. The second-order valence-corrected chi connectivity index (χ2v) is 5.42. The van der Waals surface area contributed by atoms with Crippen molar-refractivity contribution < 1.29 is 0 Å². The van der Waals surface area contributed by atoms with Crippen molar-refractivity contribution in [3.8, 4) is 0 Å². The molecule has 0 radical (unpaired) electrons. The van der Waals surface area contributed by atoms with E-state index in [0.29, 0.717) is 6.04 Å². The Hall–Kier alpha value is -0.770. The van der Waals surface area contributed by atoms with Crippen LogP contribution in [0.5, 0.6) is 0 Å². The number of nitrogens with zero attached hydrogens (tertiary/aromatic N) is 2. The average molecular weight is 268 g/mol. The standard InChI is InChI=1S/C14H22ClN3/c1-11(16-2)12-4-5-14(13(15)10-12)18-8-6-17(3)7-9-18/h4-5,10-11,16H,6-9H2,1-3H3. The summed E-state index contributed by atoms with van der Waals surface area (Å²) in [6.07, 6.45) is 0. The molecule has 1 atom stereocenters. The summed E-state index contributed by atoms with van der Waals surface area (Å²) in [7, 11) is 4.13. The third-order valence-corrected chi connectivity index (χ3v) is 4.05. The zero-order chi connectivity index (χ0) is 13.1. The van der Waals surface area contributed by atoms with Gasteiger partial charge in [-0.25, -0.2) is 0 Å². The van der Waals surface area contributed by atoms with Gasteiger partial charge in [0.05, 0.1) is 10.7 Å². The van der Waals surface area contributed by atoms with Crippen LogP contribution < -0.4 is 10.2 Å². The molecule has 0 amide bonds. The first-order chi connectivity index (χ1) is 8.61. The first-order valence-electron chi connectivity index (χ1n) is 6.52. The number of likely N-dealkylation sites (N-methyl/N-ethyl adjacent to an activating group) is 1. The molecule has 0 aliphatic carbocycles. The Labute approximate surface area is 115 Å². The highest BCUT2D eigenvalue weighted by Gasteiger charge is 2.17. The molecule has 1 unspecified atom stereocenters. The van der Waals surface area contributed by atoms with Crippen LogP contribution >= 0.6 is 11.6 Å². The van der Waals surface area contributed by atoms with Gasteiger partial charge in [-0.05, 0) is 38.7 Å². The van der Waals surface area contributed by atoms with Crippen LogP contribution in [0.3, 0.4) is 0 Å². The maximum Gasteiger partial charge on any atom is 0.0642 e. The van der Waals surface area contributed by atoms with Gasteiger partial charge in [-0.3, -0.25) is 0 Å². The lowest BCUT2D eigenvalue weighted by Crippen LogP contribution is -2.44. The number of piperazine rings is 1. The molecule has 1 aromatic carbocycles. The quantitative estimate of drug-likeness (QED) is 0.907. The summed E-state index contributed by atoms with van der Waals surface area (Å²) >= 11 is 6.42. The molecule has 100 valence electrons. The molecule has 1 aliphatic rings. The highest BCUT2D eigenvalue weighted by atomic mass is 35.5. The highest BCUT2D eigenvalue weighted by molar-refractivity contribution is 6.33. The summed E-state index contributed by atoms with van der Waals surface area (Å²) in [5.74, 6) is 0. The van der Waals surface area contributed by atoms with Gasteiger partial charge in [0.2, 0.25) is 0 Å². The molecule has 1 N–H and O–H groups in total. The summed E-state index contributed by atoms with van der Waals surface area (Å²) in [6, 6.07) is 6.73. The number of hydrogen-bond acceptors (Lipinski definition) is 3. The van der Waals surface area contributed by atoms with E-state index in [-0.39, 0.29) is 0 Å². The second-order valence-electron chi connectivity index (χ2n) is 5.01. The van der Waals surface area contributed by atoms with Crippen LogP contribution in [0.1, 0.15) is 18.5 Å². The molecule has 1 fully saturated rings. The lowest BCUT2D eigenvalue weighted by atomic mass is 10.1. The predicted octanol–water partition coefficient (Wildman–Crippen LogP) is 2.37. The number of anilines is 1. The van der Waals surface area contributed by atoms with Gasteiger partial charge in [-0.15, -0.1) is 0 Å². The van der Waals surface area contributed by atoms with Gasteiger partial charge in [-0.2, -0.15) is 0 Å². The monoisotopic (exact) mass is 267 g/mol. The summed E-state index contributed by atoms with van der Waals surface area (Å²) in [5, 5.41) is 4.09. The van der Waals surface area contributed by atoms with Crippen molar-refractivity contribution in [3.05, 3.63) is 28.8 Å². The minimum atomic E-state index is 0.337. The van der Waals surface area contributed by atoms with E-state index in [1.165, 1.54) is 5.56 Å². The maximum atomic E-state index is 6.42. The second kappa shape index (κ2) is 5.91. The Kier molecular flexibility index (Phi) is 4.49. The summed E-state index contributed by atoms with van der Waals surface area (Å²) in [4.78, 5) is 4.72. The number of benzene rings is 1. The summed E-state index contributed by atoms with van der Waals surface area (Å²) < 4.78 is 0. The zero-order valence-electron chi connectivity index (χ0n) is 11.4. The van der Waals surface area contributed by atoms with Crippen molar-refractivity contribution in [1.29, 1.82) is 0 Å². The van der Waals surface area contributed by atoms with Crippen LogP contribution in [0.2, 0.25) is 5.02 Å². The van der Waals surface area contributed by atoms with Crippen LogP contribution in [-0.4, -0.2) is 45.2 Å². The molecule has 1 aliphatic heterocycles. The number of rotatable bonds is 3. The molecule has 3 nitrogen and oxygen atoms in total. The van der Waals surface area contributed by atoms with Crippen LogP contribution in [0.15, 0.2) is 18.2 Å². The van der Waals surface area contributed by atoms with E-state index in [2.05, 4.69) is 47.3 Å². The van der Waals surface area contributed by atoms with Gasteiger partial charge >= 0.3 is 0 Å². The van der Waals surface area contributed by atoms with Crippen molar-refractivity contribution in [2.75, 3.05) is 45.2 Å². The van der Waals surface area contributed by atoms with Gasteiger partial charge in [0.1, 0.15) is 0 Å². The van der Waals surface area contributed by atoms with Gasteiger partial charge in [0.25, 0.3) is 0 Å². The molecular formula is C14H22ClN3. The number of hydrogen-bond donors (Lipinski definition) is 1. The molecule has 1 heterocycles. The van der Waals surface area contributed by atoms with E-state index in [1.54, 1.807) is 0 Å². The predicted molar refractivity (Wildman–Crippen MR) is 78.6 cm³/mol. The fourth-order valence-corrected chi connectivity index (χ4v) is 2.57. The summed E-state index contributed by atoms with van der Waals surface area (Å²) in [5.41, 5.74) is 2.40. The minimum absolute atomic E-state index is 0.337. The van der Waals surface area contributed by atoms with E-state index in [9.17, 15) is 0 Å². The average Bonchev–Trinajstić information content (AvgIpc) is 2.39. The Bertz CT molecular complexity index is 400. The van der Waals surface area contributed by atoms with Crippen molar-refractivity contribution in [3.63, 3.8) is 0 Å². The fourth-order valence-electron chi connectivity index (χ4n) is 2.26. The van der Waals surface area contributed by atoms with Crippen molar-refractivity contribution in [2.45, 2.75) is 13.0 Å². The molecule has 0 bridgehead atoms. The first-order valence-corrected chi connectivity index (χ1v) is 6.90. The lowest BCUT2D eigenvalue weighted by molar-refractivity contribution is 0.313. The fraction of sp³-hybridized carbons (Fsp3) is 0.571. The van der Waals surface area contributed by atoms with E-state index >= 15 is 0 Å². The van der Waals surface area contributed by atoms with Crippen LogP contribution in [-0.2, 0) is 0 Å². The van der Waals surface area contributed by atoms with Crippen molar-refractivity contribution >= 4 is 17.3 Å². The molecular weight excluding hydrogens is 246 g/mol. The van der Waals surface area contributed by atoms with Gasteiger partial charge in [-0.1, -0.05) is 17.7 Å². The molecule has 2 rings (SSSR count). The molecule has 1 saturated heterocycles. The number of halogens is 1. The first kappa shape index (κ1) is 13.7. The van der Waals surface area contributed by atoms with Crippen LogP contribution in [0, 0.1) is 0 Å². The minimum Gasteiger partial charge on any atom is -0.368 e. The maximum absolute atomic E-state index is 6.42. The van der Waals surface area contributed by atoms with Crippen molar-refractivity contribution in [2.24, 2.45) is 0 Å². The van der Waals surface area contributed by atoms with Gasteiger partial charge < -0.3 is 15.1 Å². The highest BCUT2D eigenvalue weighted by Crippen LogP contribution is 2.29. The van der Waals surface area contributed by atoms with E-state index < -0.39 is 0 Å². The Morgan fingerprint density at radius 1 is 1.22 bits per heavy atom. The Morgan fingerprint density at radius 3 is 2.44 bits per heavy atom. The molecule has 18 heavy (non-hydrogen) atoms. The van der Waals surface area contributed by atoms with E-state index in [4.69, 9.17) is 11.6 Å². The smallest absolute Gasteiger partial charge is 0.0642 e. The topological polar surface area (TPSA) is 18.5 Å². The summed E-state index contributed by atoms with van der Waals surface area (Å²) in [6.45, 7) is 6.45. The molecule has 0 saturated carbocycles. The Morgan fingerprint density at radius 2 is 1.89 bits per heavy atom. The SMILES string of the molecule is CNC(C)c1ccc(N2CCN(C)CC2)c(Cl)c1. The normalized spacial score (nSPS) is 19.0. The van der Waals surface area contributed by atoms with Gasteiger partial charge in [0, 0.05) is 32.2 Å². The van der Waals surface area contributed by atoms with E-state index in [0.717, 1.165) is 36.9 Å². The molecule has 0 aromatic heterocycles. The third-order valence-electron chi connectivity index (χ3n) is 3.75.